The number of rotatable bonds is 9. The van der Waals surface area contributed by atoms with Crippen LogP contribution in [0.15, 0.2) is 47.4 Å². The molecular formula is C27H34N2O5S2. The van der Waals surface area contributed by atoms with Crippen LogP contribution in [0.5, 0.6) is 5.75 Å². The van der Waals surface area contributed by atoms with Gasteiger partial charge in [0.25, 0.3) is 0 Å². The van der Waals surface area contributed by atoms with Gasteiger partial charge in [-0.05, 0) is 86.6 Å². The highest BCUT2D eigenvalue weighted by atomic mass is 32.2. The topological polar surface area (TPSA) is 105 Å². The van der Waals surface area contributed by atoms with E-state index < -0.39 is 19.7 Å². The Morgan fingerprint density at radius 3 is 2.50 bits per heavy atom. The SMILES string of the molecule is C[C@@H]1C[C@H](COc2ccc(S(=O)(=O)CCCS(C)(=O)=O)cc2)CN1C1CCc2ccc(C#N)cc2C1. The van der Waals surface area contributed by atoms with Crippen LogP contribution in [-0.2, 0) is 32.5 Å². The van der Waals surface area contributed by atoms with Gasteiger partial charge in [0.1, 0.15) is 15.6 Å². The molecule has 0 saturated carbocycles. The van der Waals surface area contributed by atoms with Crippen molar-refractivity contribution in [3.05, 3.63) is 59.2 Å². The molecule has 2 aromatic rings. The molecule has 0 amide bonds. The third-order valence-electron chi connectivity index (χ3n) is 7.31. The Morgan fingerprint density at radius 2 is 1.81 bits per heavy atom. The minimum absolute atomic E-state index is 0.0852. The first-order valence-corrected chi connectivity index (χ1v) is 16.2. The van der Waals surface area contributed by atoms with Crippen LogP contribution in [0.2, 0.25) is 0 Å². The summed E-state index contributed by atoms with van der Waals surface area (Å²) < 4.78 is 53.5. The Labute approximate surface area is 214 Å². The van der Waals surface area contributed by atoms with Crippen LogP contribution in [0.3, 0.4) is 0 Å². The standard InChI is InChI=1S/C27H34N2O5S2/c1-20-14-22(18-29(20)25-7-6-23-5-4-21(17-28)15-24(23)16-25)19-34-26-8-10-27(11-9-26)36(32,33)13-3-12-35(2,30)31/h4-5,8-11,15,20,22,25H,3,6-7,12-14,16,18-19H2,1-2H3/t20-,22+,25?/m1/s1. The molecule has 9 heteroatoms. The largest absolute Gasteiger partial charge is 0.493 e. The van der Waals surface area contributed by atoms with Crippen molar-refractivity contribution in [2.45, 2.75) is 56.0 Å². The van der Waals surface area contributed by atoms with Gasteiger partial charge >= 0.3 is 0 Å². The molecule has 0 N–H and O–H groups in total. The molecule has 194 valence electrons. The number of fused-ring (bicyclic) bond motifs is 1. The smallest absolute Gasteiger partial charge is 0.178 e. The van der Waals surface area contributed by atoms with Gasteiger partial charge in [0.15, 0.2) is 9.84 Å². The van der Waals surface area contributed by atoms with Crippen LogP contribution >= 0.6 is 0 Å². The van der Waals surface area contributed by atoms with Crippen LogP contribution in [0.4, 0.5) is 0 Å². The molecule has 2 aromatic carbocycles. The minimum atomic E-state index is -3.53. The van der Waals surface area contributed by atoms with E-state index in [1.165, 1.54) is 23.3 Å². The average Bonchev–Trinajstić information content (AvgIpc) is 3.21. The lowest BCUT2D eigenvalue weighted by molar-refractivity contribution is 0.164. The maximum absolute atomic E-state index is 12.5. The summed E-state index contributed by atoms with van der Waals surface area (Å²) in [5, 5.41) is 9.24. The summed E-state index contributed by atoms with van der Waals surface area (Å²) in [6.45, 7) is 3.81. The van der Waals surface area contributed by atoms with Crippen molar-refractivity contribution in [1.29, 1.82) is 5.26 Å². The Hall–Kier alpha value is -2.41. The third-order valence-corrected chi connectivity index (χ3v) is 10.2. The molecule has 1 heterocycles. The zero-order valence-electron chi connectivity index (χ0n) is 20.9. The van der Waals surface area contributed by atoms with Crippen LogP contribution in [-0.4, -0.2) is 64.7 Å². The molecule has 36 heavy (non-hydrogen) atoms. The highest BCUT2D eigenvalue weighted by molar-refractivity contribution is 7.92. The Balaban J connectivity index is 1.29. The van der Waals surface area contributed by atoms with Crippen LogP contribution < -0.4 is 4.74 Å². The van der Waals surface area contributed by atoms with Crippen molar-refractivity contribution >= 4 is 19.7 Å². The number of sulfone groups is 2. The van der Waals surface area contributed by atoms with E-state index in [2.05, 4.69) is 24.0 Å². The van der Waals surface area contributed by atoms with Gasteiger partial charge in [-0.2, -0.15) is 5.26 Å². The summed E-state index contributed by atoms with van der Waals surface area (Å²) in [6, 6.07) is 15.6. The van der Waals surface area contributed by atoms with Gasteiger partial charge in [0.05, 0.1) is 34.6 Å². The first-order valence-electron chi connectivity index (χ1n) is 12.4. The molecule has 2 aliphatic rings. The van der Waals surface area contributed by atoms with Crippen LogP contribution in [0, 0.1) is 17.2 Å². The summed E-state index contributed by atoms with van der Waals surface area (Å²) in [7, 11) is -6.71. The highest BCUT2D eigenvalue weighted by Crippen LogP contribution is 2.32. The summed E-state index contributed by atoms with van der Waals surface area (Å²) in [4.78, 5) is 2.77. The number of hydrogen-bond acceptors (Lipinski definition) is 7. The van der Waals surface area contributed by atoms with Crippen molar-refractivity contribution < 1.29 is 21.6 Å². The summed E-state index contributed by atoms with van der Waals surface area (Å²) >= 11 is 0. The minimum Gasteiger partial charge on any atom is -0.493 e. The number of nitrogens with zero attached hydrogens (tertiary/aromatic N) is 2. The molecule has 3 atom stereocenters. The highest BCUT2D eigenvalue weighted by Gasteiger charge is 2.35. The van der Waals surface area contributed by atoms with Gasteiger partial charge in [-0.25, -0.2) is 16.8 Å². The molecule has 0 bridgehead atoms. The molecule has 0 spiro atoms. The molecule has 1 aliphatic carbocycles. The van der Waals surface area contributed by atoms with Crippen LogP contribution in [0.25, 0.3) is 0 Å². The van der Waals surface area contributed by atoms with Gasteiger partial charge in [-0.15, -0.1) is 0 Å². The lowest BCUT2D eigenvalue weighted by atomic mass is 9.86. The number of hydrogen-bond donors (Lipinski definition) is 0. The fraction of sp³-hybridized carbons (Fsp3) is 0.519. The van der Waals surface area contributed by atoms with Crippen molar-refractivity contribution in [3.8, 4) is 11.8 Å². The lowest BCUT2D eigenvalue weighted by Gasteiger charge is -2.35. The molecule has 1 saturated heterocycles. The maximum atomic E-state index is 12.5. The van der Waals surface area contributed by atoms with Gasteiger partial charge in [-0.3, -0.25) is 4.90 Å². The van der Waals surface area contributed by atoms with Crippen molar-refractivity contribution in [2.24, 2.45) is 5.92 Å². The number of ether oxygens (including phenoxy) is 1. The van der Waals surface area contributed by atoms with Crippen molar-refractivity contribution in [3.63, 3.8) is 0 Å². The van der Waals surface area contributed by atoms with Gasteiger partial charge < -0.3 is 4.74 Å². The monoisotopic (exact) mass is 530 g/mol. The second kappa shape index (κ2) is 10.9. The fourth-order valence-corrected chi connectivity index (χ4v) is 7.64. The number of nitriles is 1. The molecule has 7 nitrogen and oxygen atoms in total. The Morgan fingerprint density at radius 1 is 1.06 bits per heavy atom. The first kappa shape index (κ1) is 26.6. The van der Waals surface area contributed by atoms with E-state index in [1.807, 2.05) is 12.1 Å². The second-order valence-electron chi connectivity index (χ2n) is 10.2. The molecule has 0 aromatic heterocycles. The molecular weight excluding hydrogens is 496 g/mol. The number of likely N-dealkylation sites (tertiary alicyclic amines) is 1. The van der Waals surface area contributed by atoms with Gasteiger partial charge in [0.2, 0.25) is 0 Å². The van der Waals surface area contributed by atoms with E-state index in [4.69, 9.17) is 4.74 Å². The van der Waals surface area contributed by atoms with Crippen molar-refractivity contribution in [1.82, 2.24) is 4.90 Å². The molecule has 1 fully saturated rings. The molecule has 1 unspecified atom stereocenters. The van der Waals surface area contributed by atoms with Crippen molar-refractivity contribution in [2.75, 3.05) is 30.9 Å². The average molecular weight is 531 g/mol. The van der Waals surface area contributed by atoms with Gasteiger partial charge in [0, 0.05) is 30.8 Å². The predicted molar refractivity (Wildman–Crippen MR) is 140 cm³/mol. The summed E-state index contributed by atoms with van der Waals surface area (Å²) in [5.41, 5.74) is 3.38. The zero-order chi connectivity index (χ0) is 25.9. The molecule has 1 aliphatic heterocycles. The number of benzene rings is 2. The second-order valence-corrected chi connectivity index (χ2v) is 14.6. The zero-order valence-corrected chi connectivity index (χ0v) is 22.5. The predicted octanol–water partition coefficient (Wildman–Crippen LogP) is 3.41. The Kier molecular flexibility index (Phi) is 8.08. The fourth-order valence-electron chi connectivity index (χ4n) is 5.48. The number of aryl methyl sites for hydroxylation is 1. The van der Waals surface area contributed by atoms with Crippen LogP contribution in [0.1, 0.15) is 42.9 Å². The Bertz CT molecular complexity index is 1330. The molecule has 0 radical (unpaired) electrons. The maximum Gasteiger partial charge on any atom is 0.178 e. The lowest BCUT2D eigenvalue weighted by Crippen LogP contribution is -2.41. The van der Waals surface area contributed by atoms with Gasteiger partial charge in [-0.1, -0.05) is 6.07 Å². The molecule has 4 rings (SSSR count). The van der Waals surface area contributed by atoms with E-state index in [1.54, 1.807) is 12.1 Å². The van der Waals surface area contributed by atoms with E-state index in [0.717, 1.165) is 44.0 Å². The normalized spacial score (nSPS) is 22.6. The quantitative estimate of drug-likeness (QED) is 0.489. The first-order chi connectivity index (χ1) is 17.0. The van der Waals surface area contributed by atoms with E-state index >= 15 is 0 Å². The van der Waals surface area contributed by atoms with E-state index in [0.29, 0.717) is 30.4 Å². The summed E-state index contributed by atoms with van der Waals surface area (Å²) in [5.74, 6) is 0.691. The van der Waals surface area contributed by atoms with E-state index in [-0.39, 0.29) is 22.8 Å². The third kappa shape index (κ3) is 6.67. The summed E-state index contributed by atoms with van der Waals surface area (Å²) in [6.07, 6.45) is 5.38. The van der Waals surface area contributed by atoms with E-state index in [9.17, 15) is 22.1 Å².